The highest BCUT2D eigenvalue weighted by Gasteiger charge is 2.10. The first-order chi connectivity index (χ1) is 11.1. The highest BCUT2D eigenvalue weighted by atomic mass is 19.3. The second kappa shape index (κ2) is 8.12. The Morgan fingerprint density at radius 3 is 2.35 bits per heavy atom. The number of halogens is 2. The number of carbonyl (C=O) groups is 1. The molecular weight excluding hydrogens is 302 g/mol. The van der Waals surface area contributed by atoms with Crippen LogP contribution in [0.2, 0.25) is 0 Å². The molecule has 2 aromatic carbocycles. The molecule has 0 aromatic heterocycles. The summed E-state index contributed by atoms with van der Waals surface area (Å²) in [6.45, 7) is 0.00458. The zero-order valence-electron chi connectivity index (χ0n) is 12.7. The number of ether oxygens (including phenoxy) is 1. The molecule has 1 amide bonds. The molecule has 6 heteroatoms. The number of rotatable bonds is 7. The van der Waals surface area contributed by atoms with Gasteiger partial charge in [-0.2, -0.15) is 8.78 Å². The molecule has 0 aliphatic rings. The fraction of sp³-hybridized carbons (Fsp3) is 0.235. The predicted octanol–water partition coefficient (Wildman–Crippen LogP) is 3.75. The van der Waals surface area contributed by atoms with E-state index in [0.717, 1.165) is 5.69 Å². The Morgan fingerprint density at radius 2 is 1.78 bits per heavy atom. The predicted molar refractivity (Wildman–Crippen MR) is 86.0 cm³/mol. The lowest BCUT2D eigenvalue weighted by Crippen LogP contribution is -2.33. The van der Waals surface area contributed by atoms with E-state index in [4.69, 9.17) is 0 Å². The lowest BCUT2D eigenvalue weighted by atomic mass is 10.2. The zero-order chi connectivity index (χ0) is 16.7. The van der Waals surface area contributed by atoms with E-state index < -0.39 is 6.61 Å². The summed E-state index contributed by atoms with van der Waals surface area (Å²) in [6.07, 6.45) is 0. The first-order valence-corrected chi connectivity index (χ1v) is 7.23. The van der Waals surface area contributed by atoms with E-state index in [2.05, 4.69) is 10.1 Å². The Morgan fingerprint density at radius 1 is 1.13 bits per heavy atom. The van der Waals surface area contributed by atoms with Crippen molar-refractivity contribution in [3.8, 4) is 5.75 Å². The molecule has 23 heavy (non-hydrogen) atoms. The second-order valence-corrected chi connectivity index (χ2v) is 4.80. The molecule has 2 aromatic rings. The summed E-state index contributed by atoms with van der Waals surface area (Å²) in [7, 11) is 0. The van der Waals surface area contributed by atoms with Crippen molar-refractivity contribution in [3.05, 3.63) is 54.6 Å². The maximum atomic E-state index is 12.1. The van der Waals surface area contributed by atoms with E-state index in [0.29, 0.717) is 12.2 Å². The van der Waals surface area contributed by atoms with Crippen LogP contribution in [0.5, 0.6) is 5.75 Å². The molecule has 0 saturated heterocycles. The van der Waals surface area contributed by atoms with Crippen molar-refractivity contribution in [2.75, 3.05) is 23.3 Å². The summed E-state index contributed by atoms with van der Waals surface area (Å²) in [6, 6.07) is 15.4. The van der Waals surface area contributed by atoms with Gasteiger partial charge >= 0.3 is 6.61 Å². The molecule has 0 saturated carbocycles. The number of alkyl halides is 2. The maximum Gasteiger partial charge on any atom is 0.387 e. The quantitative estimate of drug-likeness (QED) is 0.845. The molecule has 0 bridgehead atoms. The van der Waals surface area contributed by atoms with Gasteiger partial charge in [0, 0.05) is 17.9 Å². The molecule has 0 spiro atoms. The summed E-state index contributed by atoms with van der Waals surface area (Å²) >= 11 is 0. The highest BCUT2D eigenvalue weighted by molar-refractivity contribution is 5.94. The lowest BCUT2D eigenvalue weighted by molar-refractivity contribution is -0.115. The lowest BCUT2D eigenvalue weighted by Gasteiger charge is -2.22. The zero-order valence-corrected chi connectivity index (χ0v) is 12.7. The Labute approximate surface area is 133 Å². The van der Waals surface area contributed by atoms with Gasteiger partial charge in [0.1, 0.15) is 5.75 Å². The molecule has 4 nitrogen and oxygen atoms in total. The number of hydrogen-bond donors (Lipinski definition) is 1. The standard InChI is InChI=1S/C17H18F2N2O2/c1-2-21(14-6-4-3-5-7-14)12-16(22)20-13-8-10-15(11-9-13)23-17(18)19/h3-11,17H,2,12H2,1H3,(H,20,22). The summed E-state index contributed by atoms with van der Waals surface area (Å²) in [4.78, 5) is 14.0. The number of hydrogen-bond acceptors (Lipinski definition) is 3. The van der Waals surface area contributed by atoms with Crippen molar-refractivity contribution < 1.29 is 18.3 Å². The van der Waals surface area contributed by atoms with Crippen LogP contribution in [-0.2, 0) is 4.79 Å². The Bertz CT molecular complexity index is 618. The average molecular weight is 320 g/mol. The van der Waals surface area contributed by atoms with Crippen LogP contribution in [-0.4, -0.2) is 25.6 Å². The van der Waals surface area contributed by atoms with Crippen LogP contribution in [0.3, 0.4) is 0 Å². The van der Waals surface area contributed by atoms with Crippen molar-refractivity contribution >= 4 is 17.3 Å². The molecule has 122 valence electrons. The molecule has 0 fully saturated rings. The first-order valence-electron chi connectivity index (χ1n) is 7.23. The minimum atomic E-state index is -2.86. The van der Waals surface area contributed by atoms with Gasteiger partial charge in [0.25, 0.3) is 0 Å². The third kappa shape index (κ3) is 5.25. The summed E-state index contributed by atoms with van der Waals surface area (Å²) < 4.78 is 28.4. The number of benzene rings is 2. The van der Waals surface area contributed by atoms with Gasteiger partial charge < -0.3 is 15.0 Å². The second-order valence-electron chi connectivity index (χ2n) is 4.80. The van der Waals surface area contributed by atoms with Gasteiger partial charge in [0.2, 0.25) is 5.91 Å². The van der Waals surface area contributed by atoms with Gasteiger partial charge in [-0.25, -0.2) is 0 Å². The van der Waals surface area contributed by atoms with Crippen molar-refractivity contribution in [2.45, 2.75) is 13.5 Å². The van der Waals surface area contributed by atoms with Crippen LogP contribution >= 0.6 is 0 Å². The van der Waals surface area contributed by atoms with Gasteiger partial charge in [0.05, 0.1) is 6.54 Å². The van der Waals surface area contributed by atoms with Crippen molar-refractivity contribution in [3.63, 3.8) is 0 Å². The molecule has 0 atom stereocenters. The van der Waals surface area contributed by atoms with E-state index in [1.54, 1.807) is 0 Å². The van der Waals surface area contributed by atoms with Crippen LogP contribution in [0.15, 0.2) is 54.6 Å². The first kappa shape index (κ1) is 16.7. The number of likely N-dealkylation sites (N-methyl/N-ethyl adjacent to an activating group) is 1. The smallest absolute Gasteiger partial charge is 0.387 e. The molecule has 1 N–H and O–H groups in total. The number of carbonyl (C=O) groups excluding carboxylic acids is 1. The molecule has 0 aliphatic carbocycles. The monoisotopic (exact) mass is 320 g/mol. The van der Waals surface area contributed by atoms with Crippen LogP contribution < -0.4 is 15.0 Å². The molecular formula is C17H18F2N2O2. The van der Waals surface area contributed by atoms with Gasteiger partial charge in [-0.1, -0.05) is 18.2 Å². The average Bonchev–Trinajstić information content (AvgIpc) is 2.55. The topological polar surface area (TPSA) is 41.6 Å². The summed E-state index contributed by atoms with van der Waals surface area (Å²) in [5.41, 5.74) is 1.49. The van der Waals surface area contributed by atoms with E-state index in [1.165, 1.54) is 24.3 Å². The third-order valence-electron chi connectivity index (χ3n) is 3.20. The fourth-order valence-corrected chi connectivity index (χ4v) is 2.12. The SMILES string of the molecule is CCN(CC(=O)Nc1ccc(OC(F)F)cc1)c1ccccc1. The molecule has 0 heterocycles. The van der Waals surface area contributed by atoms with E-state index in [1.807, 2.05) is 42.2 Å². The Hall–Kier alpha value is -2.63. The summed E-state index contributed by atoms with van der Waals surface area (Å²) in [5, 5.41) is 2.73. The Kier molecular flexibility index (Phi) is 5.91. The van der Waals surface area contributed by atoms with Crippen molar-refractivity contribution in [2.24, 2.45) is 0 Å². The van der Waals surface area contributed by atoms with Gasteiger partial charge in [-0.05, 0) is 43.3 Å². The minimum Gasteiger partial charge on any atom is -0.435 e. The normalized spacial score (nSPS) is 10.4. The van der Waals surface area contributed by atoms with Crippen molar-refractivity contribution in [1.29, 1.82) is 0 Å². The van der Waals surface area contributed by atoms with E-state index >= 15 is 0 Å². The van der Waals surface area contributed by atoms with Gasteiger partial charge in [0.15, 0.2) is 0 Å². The number of nitrogens with one attached hydrogen (secondary N) is 1. The van der Waals surface area contributed by atoms with Crippen LogP contribution in [0, 0.1) is 0 Å². The van der Waals surface area contributed by atoms with E-state index in [9.17, 15) is 13.6 Å². The highest BCUT2D eigenvalue weighted by Crippen LogP contribution is 2.18. The fourth-order valence-electron chi connectivity index (χ4n) is 2.12. The van der Waals surface area contributed by atoms with Gasteiger partial charge in [-0.15, -0.1) is 0 Å². The number of nitrogens with zero attached hydrogens (tertiary/aromatic N) is 1. The summed E-state index contributed by atoms with van der Waals surface area (Å²) in [5.74, 6) is -0.129. The number of para-hydroxylation sites is 1. The molecule has 2 rings (SSSR count). The number of anilines is 2. The van der Waals surface area contributed by atoms with Crippen LogP contribution in [0.25, 0.3) is 0 Å². The maximum absolute atomic E-state index is 12.1. The molecule has 0 radical (unpaired) electrons. The third-order valence-corrected chi connectivity index (χ3v) is 3.20. The Balaban J connectivity index is 1.93. The molecule has 0 aliphatic heterocycles. The van der Waals surface area contributed by atoms with Crippen molar-refractivity contribution in [1.82, 2.24) is 0 Å². The largest absolute Gasteiger partial charge is 0.435 e. The van der Waals surface area contributed by atoms with Gasteiger partial charge in [-0.3, -0.25) is 4.79 Å². The van der Waals surface area contributed by atoms with E-state index in [-0.39, 0.29) is 18.2 Å². The molecule has 0 unspecified atom stereocenters. The van der Waals surface area contributed by atoms with Crippen LogP contribution in [0.4, 0.5) is 20.2 Å². The van der Waals surface area contributed by atoms with Crippen LogP contribution in [0.1, 0.15) is 6.92 Å². The minimum absolute atomic E-state index is 0.0532. The number of amides is 1.